The Morgan fingerprint density at radius 1 is 1.24 bits per heavy atom. The Kier molecular flexibility index (Phi) is 3.69. The third-order valence-corrected chi connectivity index (χ3v) is 4.62. The lowest BCUT2D eigenvalue weighted by atomic mass is 10.2. The van der Waals surface area contributed by atoms with Gasteiger partial charge in [0.25, 0.3) is 11.2 Å². The largest absolute Gasteiger partial charge is 0.454 e. The second-order valence-corrected chi connectivity index (χ2v) is 6.18. The molecule has 0 bridgehead atoms. The van der Waals surface area contributed by atoms with Gasteiger partial charge in [-0.25, -0.2) is 4.98 Å². The second-order valence-electron chi connectivity index (χ2n) is 5.32. The molecule has 0 unspecified atom stereocenters. The zero-order valence-electron chi connectivity index (χ0n) is 12.7. The van der Waals surface area contributed by atoms with Crippen molar-refractivity contribution in [2.24, 2.45) is 0 Å². The van der Waals surface area contributed by atoms with Gasteiger partial charge < -0.3 is 14.0 Å². The summed E-state index contributed by atoms with van der Waals surface area (Å²) in [5.74, 6) is 1.37. The average Bonchev–Trinajstić information content (AvgIpc) is 3.25. The maximum Gasteiger partial charge on any atom is 0.285 e. The molecule has 126 valence electrons. The van der Waals surface area contributed by atoms with Crippen molar-refractivity contribution >= 4 is 17.0 Å². The Morgan fingerprint density at radius 3 is 2.92 bits per heavy atom. The first kappa shape index (κ1) is 15.3. The number of hydrogen-bond donors (Lipinski definition) is 0. The number of hydrogen-bond acceptors (Lipinski definition) is 7. The predicted molar refractivity (Wildman–Crippen MR) is 90.1 cm³/mol. The number of fused-ring (bicyclic) bond motifs is 1. The van der Waals surface area contributed by atoms with E-state index in [2.05, 4.69) is 4.98 Å². The second kappa shape index (κ2) is 6.02. The number of thiazole rings is 1. The molecule has 0 saturated heterocycles. The van der Waals surface area contributed by atoms with Gasteiger partial charge in [-0.05, 0) is 18.2 Å². The van der Waals surface area contributed by atoms with E-state index in [1.54, 1.807) is 0 Å². The molecule has 1 aromatic carbocycles. The standard InChI is InChI=1S/C16H11N3O5S/c20-15-4-2-12(19(21)22)7-18(15)6-11-8-25-16(17-11)10-1-3-13-14(5-10)24-9-23-13/h1-5,7-8H,6,9H2. The van der Waals surface area contributed by atoms with E-state index in [-0.39, 0.29) is 24.6 Å². The Morgan fingerprint density at radius 2 is 2.08 bits per heavy atom. The molecule has 9 heteroatoms. The van der Waals surface area contributed by atoms with Gasteiger partial charge in [0.05, 0.1) is 23.4 Å². The highest BCUT2D eigenvalue weighted by Crippen LogP contribution is 2.36. The monoisotopic (exact) mass is 357 g/mol. The molecule has 0 amide bonds. The number of rotatable bonds is 4. The molecular formula is C16H11N3O5S. The maximum atomic E-state index is 11.9. The minimum Gasteiger partial charge on any atom is -0.454 e. The van der Waals surface area contributed by atoms with Crippen LogP contribution in [0, 0.1) is 10.1 Å². The third kappa shape index (κ3) is 2.96. The summed E-state index contributed by atoms with van der Waals surface area (Å²) < 4.78 is 11.9. The van der Waals surface area contributed by atoms with Crippen molar-refractivity contribution in [1.29, 1.82) is 0 Å². The van der Waals surface area contributed by atoms with E-state index in [4.69, 9.17) is 9.47 Å². The van der Waals surface area contributed by atoms with Crippen LogP contribution in [0.25, 0.3) is 10.6 Å². The number of benzene rings is 1. The molecule has 3 aromatic rings. The SMILES string of the molecule is O=c1ccc([N+](=O)[O-])cn1Cc1csc(-c2ccc3c(c2)OCO3)n1. The molecule has 3 heterocycles. The highest BCUT2D eigenvalue weighted by Gasteiger charge is 2.16. The molecule has 4 rings (SSSR count). The average molecular weight is 357 g/mol. The topological polar surface area (TPSA) is 96.5 Å². The van der Waals surface area contributed by atoms with E-state index in [0.717, 1.165) is 10.6 Å². The fourth-order valence-electron chi connectivity index (χ4n) is 2.47. The molecule has 0 spiro atoms. The van der Waals surface area contributed by atoms with Crippen molar-refractivity contribution < 1.29 is 14.4 Å². The Balaban J connectivity index is 1.61. The van der Waals surface area contributed by atoms with Crippen LogP contribution in [0.3, 0.4) is 0 Å². The van der Waals surface area contributed by atoms with E-state index >= 15 is 0 Å². The van der Waals surface area contributed by atoms with Crippen LogP contribution in [0.15, 0.2) is 46.7 Å². The van der Waals surface area contributed by atoms with Crippen LogP contribution in [0.5, 0.6) is 11.5 Å². The summed E-state index contributed by atoms with van der Waals surface area (Å²) in [5.41, 5.74) is 1.08. The van der Waals surface area contributed by atoms with E-state index < -0.39 is 4.92 Å². The number of aromatic nitrogens is 2. The maximum absolute atomic E-state index is 11.9. The minimum absolute atomic E-state index is 0.133. The van der Waals surface area contributed by atoms with Gasteiger partial charge in [0.1, 0.15) is 5.01 Å². The highest BCUT2D eigenvalue weighted by atomic mass is 32.1. The summed E-state index contributed by atoms with van der Waals surface area (Å²) in [6.45, 7) is 0.374. The molecule has 0 radical (unpaired) electrons. The fourth-order valence-corrected chi connectivity index (χ4v) is 3.27. The fraction of sp³-hybridized carbons (Fsp3) is 0.125. The molecule has 0 atom stereocenters. The summed E-state index contributed by atoms with van der Waals surface area (Å²) in [4.78, 5) is 26.7. The van der Waals surface area contributed by atoms with Crippen LogP contribution in [0.1, 0.15) is 5.69 Å². The summed E-state index contributed by atoms with van der Waals surface area (Å²) in [5, 5.41) is 13.4. The van der Waals surface area contributed by atoms with Gasteiger partial charge in [0, 0.05) is 23.1 Å². The van der Waals surface area contributed by atoms with Crippen molar-refractivity contribution in [3.8, 4) is 22.1 Å². The van der Waals surface area contributed by atoms with Crippen molar-refractivity contribution in [3.05, 3.63) is 68.1 Å². The Bertz CT molecular complexity index is 1030. The van der Waals surface area contributed by atoms with E-state index in [1.165, 1.54) is 34.2 Å². The first-order valence-electron chi connectivity index (χ1n) is 7.29. The van der Waals surface area contributed by atoms with Crippen LogP contribution in [0.4, 0.5) is 5.69 Å². The lowest BCUT2D eigenvalue weighted by Gasteiger charge is -2.02. The number of nitrogens with zero attached hydrogens (tertiary/aromatic N) is 3. The lowest BCUT2D eigenvalue weighted by Crippen LogP contribution is -2.19. The molecular weight excluding hydrogens is 346 g/mol. The molecule has 0 saturated carbocycles. The van der Waals surface area contributed by atoms with Crippen LogP contribution >= 0.6 is 11.3 Å². The molecule has 8 nitrogen and oxygen atoms in total. The predicted octanol–water partition coefficient (Wildman–Crippen LogP) is 2.66. The molecule has 0 aliphatic carbocycles. The molecule has 2 aromatic heterocycles. The number of ether oxygens (including phenoxy) is 2. The lowest BCUT2D eigenvalue weighted by molar-refractivity contribution is -0.385. The van der Waals surface area contributed by atoms with Crippen LogP contribution in [-0.2, 0) is 6.54 Å². The van der Waals surface area contributed by atoms with Gasteiger partial charge >= 0.3 is 0 Å². The zero-order valence-corrected chi connectivity index (χ0v) is 13.6. The Hall–Kier alpha value is -3.20. The van der Waals surface area contributed by atoms with Gasteiger partial charge in [-0.2, -0.15) is 0 Å². The molecule has 1 aliphatic rings. The van der Waals surface area contributed by atoms with Crippen molar-refractivity contribution in [3.63, 3.8) is 0 Å². The normalized spacial score (nSPS) is 12.3. The first-order valence-corrected chi connectivity index (χ1v) is 8.17. The highest BCUT2D eigenvalue weighted by molar-refractivity contribution is 7.13. The first-order chi connectivity index (χ1) is 12.1. The van der Waals surface area contributed by atoms with Crippen LogP contribution in [0.2, 0.25) is 0 Å². The third-order valence-electron chi connectivity index (χ3n) is 3.68. The number of nitro groups is 1. The van der Waals surface area contributed by atoms with Gasteiger partial charge in [-0.3, -0.25) is 14.9 Å². The van der Waals surface area contributed by atoms with Crippen molar-refractivity contribution in [1.82, 2.24) is 9.55 Å². The molecule has 25 heavy (non-hydrogen) atoms. The van der Waals surface area contributed by atoms with E-state index in [1.807, 2.05) is 23.6 Å². The quantitative estimate of drug-likeness (QED) is 0.526. The van der Waals surface area contributed by atoms with Crippen LogP contribution in [-0.4, -0.2) is 21.3 Å². The van der Waals surface area contributed by atoms with E-state index in [0.29, 0.717) is 17.2 Å². The zero-order chi connectivity index (χ0) is 17.4. The van der Waals surface area contributed by atoms with E-state index in [9.17, 15) is 14.9 Å². The molecule has 0 N–H and O–H groups in total. The van der Waals surface area contributed by atoms with Crippen LogP contribution < -0.4 is 15.0 Å². The molecule has 1 aliphatic heterocycles. The van der Waals surface area contributed by atoms with Gasteiger partial charge in [0.15, 0.2) is 11.5 Å². The minimum atomic E-state index is -0.533. The number of pyridine rings is 1. The summed E-state index contributed by atoms with van der Waals surface area (Å²) in [6, 6.07) is 7.94. The summed E-state index contributed by atoms with van der Waals surface area (Å²) >= 11 is 1.43. The van der Waals surface area contributed by atoms with Crippen molar-refractivity contribution in [2.45, 2.75) is 6.54 Å². The Labute approximate surface area is 145 Å². The van der Waals surface area contributed by atoms with Gasteiger partial charge in [0.2, 0.25) is 6.79 Å². The van der Waals surface area contributed by atoms with Crippen molar-refractivity contribution in [2.75, 3.05) is 6.79 Å². The summed E-state index contributed by atoms with van der Waals surface area (Å²) in [7, 11) is 0. The molecule has 0 fully saturated rings. The summed E-state index contributed by atoms with van der Waals surface area (Å²) in [6.07, 6.45) is 1.22. The smallest absolute Gasteiger partial charge is 0.285 e. The van der Waals surface area contributed by atoms with Gasteiger partial charge in [-0.1, -0.05) is 0 Å². The van der Waals surface area contributed by atoms with Gasteiger partial charge in [-0.15, -0.1) is 11.3 Å².